The van der Waals surface area contributed by atoms with Crippen LogP contribution in [0.25, 0.3) is 0 Å². The number of sulfone groups is 1. The van der Waals surface area contributed by atoms with Gasteiger partial charge in [-0.25, -0.2) is 13.4 Å². The van der Waals surface area contributed by atoms with Crippen molar-refractivity contribution < 1.29 is 8.42 Å². The molecule has 0 bridgehead atoms. The first-order valence-electron chi connectivity index (χ1n) is 4.41. The Morgan fingerprint density at radius 3 is 2.50 bits per heavy atom. The molecule has 1 aromatic rings. The Kier molecular flexibility index (Phi) is 3.23. The lowest BCUT2D eigenvalue weighted by Gasteiger charge is -2.05. The van der Waals surface area contributed by atoms with Crippen molar-refractivity contribution in [2.75, 3.05) is 5.75 Å². The average Bonchev–Trinajstić information content (AvgIpc) is 2.18. The summed E-state index contributed by atoms with van der Waals surface area (Å²) in [6.07, 6.45) is 1.51. The van der Waals surface area contributed by atoms with Crippen molar-refractivity contribution in [2.45, 2.75) is 24.9 Å². The summed E-state index contributed by atoms with van der Waals surface area (Å²) in [7, 11) is -3.19. The van der Waals surface area contributed by atoms with E-state index in [-0.39, 0.29) is 16.8 Å². The summed E-state index contributed by atoms with van der Waals surface area (Å²) >= 11 is 0. The van der Waals surface area contributed by atoms with Crippen molar-refractivity contribution in [2.24, 2.45) is 5.73 Å². The third-order valence-electron chi connectivity index (χ3n) is 1.98. The molecule has 2 N–H and O–H groups in total. The molecule has 0 aliphatic carbocycles. The fraction of sp³-hybridized carbons (Fsp3) is 0.444. The van der Waals surface area contributed by atoms with Crippen LogP contribution in [0.3, 0.4) is 0 Å². The SMILES string of the molecule is CCS(=O)(=O)c1ccc([C@H](C)N)cn1. The topological polar surface area (TPSA) is 73.0 Å². The standard InChI is InChI=1S/C9H14N2O2S/c1-3-14(12,13)9-5-4-8(6-11-9)7(2)10/h4-7H,3,10H2,1-2H3/t7-/m0/s1. The molecular weight excluding hydrogens is 200 g/mol. The fourth-order valence-electron chi connectivity index (χ4n) is 0.993. The predicted octanol–water partition coefficient (Wildman–Crippen LogP) is 0.895. The molecule has 0 aliphatic heterocycles. The minimum absolute atomic E-state index is 0.0670. The molecule has 0 fully saturated rings. The molecule has 14 heavy (non-hydrogen) atoms. The molecular formula is C9H14N2O2S. The van der Waals surface area contributed by atoms with Crippen LogP contribution in [0.5, 0.6) is 0 Å². The van der Waals surface area contributed by atoms with Crippen LogP contribution in [0.15, 0.2) is 23.4 Å². The predicted molar refractivity (Wildman–Crippen MR) is 54.6 cm³/mol. The van der Waals surface area contributed by atoms with Gasteiger partial charge in [0.25, 0.3) is 0 Å². The van der Waals surface area contributed by atoms with Gasteiger partial charge in [0.2, 0.25) is 0 Å². The summed E-state index contributed by atoms with van der Waals surface area (Å²) in [4.78, 5) is 3.87. The molecule has 0 saturated heterocycles. The van der Waals surface area contributed by atoms with Crippen molar-refractivity contribution in [1.82, 2.24) is 4.98 Å². The van der Waals surface area contributed by atoms with Crippen molar-refractivity contribution in [1.29, 1.82) is 0 Å². The van der Waals surface area contributed by atoms with Crippen LogP contribution in [0.1, 0.15) is 25.5 Å². The van der Waals surface area contributed by atoms with Crippen molar-refractivity contribution in [3.05, 3.63) is 23.9 Å². The molecule has 0 saturated carbocycles. The maximum absolute atomic E-state index is 11.4. The average molecular weight is 214 g/mol. The van der Waals surface area contributed by atoms with Gasteiger partial charge in [-0.05, 0) is 18.6 Å². The third-order valence-corrected chi connectivity index (χ3v) is 3.62. The van der Waals surface area contributed by atoms with E-state index in [4.69, 9.17) is 5.73 Å². The van der Waals surface area contributed by atoms with E-state index < -0.39 is 9.84 Å². The Morgan fingerprint density at radius 2 is 2.14 bits per heavy atom. The molecule has 1 rings (SSSR count). The molecule has 0 spiro atoms. The van der Waals surface area contributed by atoms with E-state index in [1.807, 2.05) is 6.92 Å². The lowest BCUT2D eigenvalue weighted by Crippen LogP contribution is -2.09. The highest BCUT2D eigenvalue weighted by atomic mass is 32.2. The summed E-state index contributed by atoms with van der Waals surface area (Å²) in [5.41, 5.74) is 6.45. The quantitative estimate of drug-likeness (QED) is 0.811. The molecule has 0 radical (unpaired) electrons. The molecule has 4 nitrogen and oxygen atoms in total. The van der Waals surface area contributed by atoms with E-state index in [1.54, 1.807) is 13.0 Å². The zero-order chi connectivity index (χ0) is 10.8. The smallest absolute Gasteiger partial charge is 0.195 e. The van der Waals surface area contributed by atoms with Gasteiger partial charge in [-0.15, -0.1) is 0 Å². The highest BCUT2D eigenvalue weighted by Crippen LogP contribution is 2.12. The van der Waals surface area contributed by atoms with Crippen molar-refractivity contribution in [3.63, 3.8) is 0 Å². The van der Waals surface area contributed by atoms with Gasteiger partial charge in [0.15, 0.2) is 14.9 Å². The highest BCUT2D eigenvalue weighted by molar-refractivity contribution is 7.91. The second-order valence-electron chi connectivity index (χ2n) is 3.12. The van der Waals surface area contributed by atoms with E-state index >= 15 is 0 Å². The first-order valence-corrected chi connectivity index (χ1v) is 6.07. The zero-order valence-electron chi connectivity index (χ0n) is 8.27. The van der Waals surface area contributed by atoms with E-state index in [2.05, 4.69) is 4.98 Å². The first kappa shape index (κ1) is 11.1. The van der Waals surface area contributed by atoms with Gasteiger partial charge in [0.05, 0.1) is 5.75 Å². The van der Waals surface area contributed by atoms with Crippen molar-refractivity contribution in [3.8, 4) is 0 Å². The third kappa shape index (κ3) is 2.30. The van der Waals surface area contributed by atoms with E-state index in [9.17, 15) is 8.42 Å². The van der Waals surface area contributed by atoms with Crippen LogP contribution in [0.2, 0.25) is 0 Å². The first-order chi connectivity index (χ1) is 6.47. The molecule has 0 amide bonds. The highest BCUT2D eigenvalue weighted by Gasteiger charge is 2.12. The molecule has 78 valence electrons. The maximum atomic E-state index is 11.4. The van der Waals surface area contributed by atoms with E-state index in [0.29, 0.717) is 0 Å². The van der Waals surface area contributed by atoms with E-state index in [0.717, 1.165) is 5.56 Å². The largest absolute Gasteiger partial charge is 0.324 e. The monoisotopic (exact) mass is 214 g/mol. The maximum Gasteiger partial charge on any atom is 0.195 e. The second-order valence-corrected chi connectivity index (χ2v) is 5.35. The minimum Gasteiger partial charge on any atom is -0.324 e. The van der Waals surface area contributed by atoms with Gasteiger partial charge in [-0.1, -0.05) is 13.0 Å². The van der Waals surface area contributed by atoms with Crippen LogP contribution in [-0.2, 0) is 9.84 Å². The van der Waals surface area contributed by atoms with Crippen LogP contribution < -0.4 is 5.73 Å². The van der Waals surface area contributed by atoms with Gasteiger partial charge < -0.3 is 5.73 Å². The van der Waals surface area contributed by atoms with Crippen LogP contribution >= 0.6 is 0 Å². The summed E-state index contributed by atoms with van der Waals surface area (Å²) in [5.74, 6) is 0.0670. The van der Waals surface area contributed by atoms with Gasteiger partial charge in [-0.3, -0.25) is 0 Å². The summed E-state index contributed by atoms with van der Waals surface area (Å²) in [5, 5.41) is 0.115. The van der Waals surface area contributed by atoms with Crippen molar-refractivity contribution >= 4 is 9.84 Å². The Morgan fingerprint density at radius 1 is 1.50 bits per heavy atom. The molecule has 1 atom stereocenters. The summed E-state index contributed by atoms with van der Waals surface area (Å²) in [6.45, 7) is 3.42. The van der Waals surface area contributed by atoms with Gasteiger partial charge in [0.1, 0.15) is 0 Å². The molecule has 0 aliphatic rings. The zero-order valence-corrected chi connectivity index (χ0v) is 9.08. The minimum atomic E-state index is -3.19. The summed E-state index contributed by atoms with van der Waals surface area (Å²) < 4.78 is 22.8. The van der Waals surface area contributed by atoms with Gasteiger partial charge >= 0.3 is 0 Å². The molecule has 1 heterocycles. The number of hydrogen-bond donors (Lipinski definition) is 1. The van der Waals surface area contributed by atoms with E-state index in [1.165, 1.54) is 12.3 Å². The fourth-order valence-corrected chi connectivity index (χ4v) is 1.78. The normalized spacial score (nSPS) is 13.9. The summed E-state index contributed by atoms with van der Waals surface area (Å²) in [6, 6.07) is 3.07. The Balaban J connectivity index is 3.06. The second kappa shape index (κ2) is 4.06. The van der Waals surface area contributed by atoms with Gasteiger partial charge in [-0.2, -0.15) is 0 Å². The van der Waals surface area contributed by atoms with Crippen LogP contribution in [-0.4, -0.2) is 19.2 Å². The molecule has 1 aromatic heterocycles. The molecule has 0 unspecified atom stereocenters. The number of nitrogens with zero attached hydrogens (tertiary/aromatic N) is 1. The Hall–Kier alpha value is -0.940. The van der Waals surface area contributed by atoms with Crippen LogP contribution in [0, 0.1) is 0 Å². The number of rotatable bonds is 3. The number of pyridine rings is 1. The van der Waals surface area contributed by atoms with Crippen LogP contribution in [0.4, 0.5) is 0 Å². The number of hydrogen-bond acceptors (Lipinski definition) is 4. The Bertz CT molecular complexity index is 395. The Labute approximate surface area is 84.1 Å². The lowest BCUT2D eigenvalue weighted by atomic mass is 10.2. The lowest BCUT2D eigenvalue weighted by molar-refractivity contribution is 0.593. The molecule has 0 aromatic carbocycles. The number of nitrogens with two attached hydrogens (primary N) is 1. The number of aromatic nitrogens is 1. The molecule has 5 heteroatoms. The van der Waals surface area contributed by atoms with Gasteiger partial charge in [0, 0.05) is 12.2 Å².